The number of Topliss-reactive ketones (excluding diaryl/α,β-unsaturated/α-hetero) is 1. The molecule has 0 heterocycles. The lowest BCUT2D eigenvalue weighted by Crippen LogP contribution is -2.04. The molecule has 3 nitrogen and oxygen atoms in total. The fourth-order valence-electron chi connectivity index (χ4n) is 2.12. The third kappa shape index (κ3) is 5.77. The molecule has 0 saturated heterocycles. The monoisotopic (exact) mass is 345 g/mol. The lowest BCUT2D eigenvalue weighted by Gasteiger charge is -2.08. The van der Waals surface area contributed by atoms with Crippen molar-refractivity contribution in [1.82, 2.24) is 0 Å². The molecule has 2 aromatic rings. The van der Waals surface area contributed by atoms with Crippen molar-refractivity contribution < 1.29 is 9.59 Å². The van der Waals surface area contributed by atoms with Crippen LogP contribution in [0.1, 0.15) is 28.4 Å². The first kappa shape index (κ1) is 17.6. The van der Waals surface area contributed by atoms with Crippen molar-refractivity contribution in [2.45, 2.75) is 25.7 Å². The smallest absolute Gasteiger partial charge is 0.186 e. The van der Waals surface area contributed by atoms with Gasteiger partial charge in [-0.25, -0.2) is 0 Å². The van der Waals surface area contributed by atoms with Crippen molar-refractivity contribution in [2.24, 2.45) is 0 Å². The van der Waals surface area contributed by atoms with E-state index >= 15 is 0 Å². The minimum Gasteiger partial charge on any atom is -0.326 e. The van der Waals surface area contributed by atoms with E-state index in [0.717, 1.165) is 22.3 Å². The zero-order valence-corrected chi connectivity index (χ0v) is 15.0. The van der Waals surface area contributed by atoms with Gasteiger partial charge in [0.15, 0.2) is 10.9 Å². The van der Waals surface area contributed by atoms with Crippen LogP contribution in [-0.2, 0) is 4.79 Å². The number of carbonyl (C=O) groups is 2. The number of carbonyl (C=O) groups excluding carboxylic acids is 2. The number of thioether (sulfide) groups is 1. The van der Waals surface area contributed by atoms with E-state index in [9.17, 15) is 9.59 Å². The molecule has 0 aliphatic heterocycles. The molecule has 0 aromatic heterocycles. The summed E-state index contributed by atoms with van der Waals surface area (Å²) in [6, 6.07) is 13.7. The van der Waals surface area contributed by atoms with Crippen LogP contribution in [0.4, 0.5) is 5.69 Å². The number of ketones is 1. The van der Waals surface area contributed by atoms with Crippen LogP contribution in [-0.4, -0.2) is 16.7 Å². The molecule has 5 heteroatoms. The van der Waals surface area contributed by atoms with Gasteiger partial charge in [-0.1, -0.05) is 30.0 Å². The van der Waals surface area contributed by atoms with Gasteiger partial charge in [-0.15, -0.1) is 0 Å². The van der Waals surface area contributed by atoms with E-state index in [1.165, 1.54) is 30.0 Å². The molecule has 0 aliphatic carbocycles. The van der Waals surface area contributed by atoms with Gasteiger partial charge < -0.3 is 4.72 Å². The van der Waals surface area contributed by atoms with Gasteiger partial charge in [0.1, 0.15) is 0 Å². The number of nitrogens with one attached hydrogen (secondary N) is 1. The Bertz CT molecular complexity index is 708. The van der Waals surface area contributed by atoms with Gasteiger partial charge in [-0.3, -0.25) is 9.59 Å². The van der Waals surface area contributed by atoms with Gasteiger partial charge >= 0.3 is 0 Å². The molecule has 1 N–H and O–H groups in total. The minimum atomic E-state index is -0.0435. The molecule has 0 aliphatic rings. The average molecular weight is 345 g/mol. The fraction of sp³-hybridized carbons (Fsp3) is 0.222. The highest BCUT2D eigenvalue weighted by Crippen LogP contribution is 2.24. The highest BCUT2D eigenvalue weighted by Gasteiger charge is 2.08. The Morgan fingerprint density at radius 2 is 1.74 bits per heavy atom. The first-order chi connectivity index (χ1) is 10.9. The predicted molar refractivity (Wildman–Crippen MR) is 99.3 cm³/mol. The first-order valence-corrected chi connectivity index (χ1v) is 9.02. The van der Waals surface area contributed by atoms with E-state index in [4.69, 9.17) is 0 Å². The van der Waals surface area contributed by atoms with Gasteiger partial charge in [0.05, 0.1) is 5.75 Å². The zero-order chi connectivity index (χ0) is 16.8. The number of aryl methyl sites for hydroxylation is 2. The summed E-state index contributed by atoms with van der Waals surface area (Å²) in [7, 11) is 0. The second kappa shape index (κ2) is 8.22. The van der Waals surface area contributed by atoms with Crippen molar-refractivity contribution >= 4 is 40.3 Å². The molecule has 0 atom stereocenters. The predicted octanol–water partition coefficient (Wildman–Crippen LogP) is 4.89. The minimum absolute atomic E-state index is 0.0368. The lowest BCUT2D eigenvalue weighted by molar-refractivity contribution is -0.109. The van der Waals surface area contributed by atoms with Gasteiger partial charge in [0.2, 0.25) is 0 Å². The van der Waals surface area contributed by atoms with Gasteiger partial charge in [-0.05, 0) is 61.2 Å². The van der Waals surface area contributed by atoms with Gasteiger partial charge in [-0.2, -0.15) is 0 Å². The Morgan fingerprint density at radius 1 is 1.04 bits per heavy atom. The molecule has 0 radical (unpaired) electrons. The second-order valence-corrected chi connectivity index (χ2v) is 7.34. The summed E-state index contributed by atoms with van der Waals surface area (Å²) >= 11 is 2.56. The molecule has 2 rings (SSSR count). The van der Waals surface area contributed by atoms with Crippen molar-refractivity contribution in [2.75, 3.05) is 10.5 Å². The van der Waals surface area contributed by atoms with Gasteiger partial charge in [0, 0.05) is 23.1 Å². The molecule has 0 amide bonds. The SMILES string of the molecule is CC(=O)SCC(=O)c1cccc(NSc2cc(C)cc(C)c2)c1. The maximum absolute atomic E-state index is 12.1. The van der Waals surface area contributed by atoms with Crippen LogP contribution in [0.2, 0.25) is 0 Å². The summed E-state index contributed by atoms with van der Waals surface area (Å²) in [5.74, 6) is 0.147. The number of hydrogen-bond acceptors (Lipinski definition) is 5. The number of rotatable bonds is 6. The van der Waals surface area contributed by atoms with Crippen LogP contribution < -0.4 is 4.72 Å². The Kier molecular flexibility index (Phi) is 6.30. The van der Waals surface area contributed by atoms with E-state index in [2.05, 4.69) is 36.8 Å². The fourth-order valence-corrected chi connectivity index (χ4v) is 3.47. The summed E-state index contributed by atoms with van der Waals surface area (Å²) in [5.41, 5.74) is 3.93. The summed E-state index contributed by atoms with van der Waals surface area (Å²) in [6.07, 6.45) is 0. The lowest BCUT2D eigenvalue weighted by atomic mass is 10.1. The van der Waals surface area contributed by atoms with Crippen LogP contribution in [0, 0.1) is 13.8 Å². The van der Waals surface area contributed by atoms with E-state index < -0.39 is 0 Å². The quantitative estimate of drug-likeness (QED) is 0.597. The first-order valence-electron chi connectivity index (χ1n) is 7.22. The van der Waals surface area contributed by atoms with Crippen LogP contribution in [0.5, 0.6) is 0 Å². The van der Waals surface area contributed by atoms with E-state index in [1.54, 1.807) is 6.07 Å². The van der Waals surface area contributed by atoms with Crippen molar-refractivity contribution in [1.29, 1.82) is 0 Å². The molecular weight excluding hydrogens is 326 g/mol. The van der Waals surface area contributed by atoms with Crippen LogP contribution in [0.15, 0.2) is 47.4 Å². The van der Waals surface area contributed by atoms with Crippen molar-refractivity contribution in [3.05, 3.63) is 59.2 Å². The average Bonchev–Trinajstić information content (AvgIpc) is 2.50. The van der Waals surface area contributed by atoms with Crippen molar-refractivity contribution in [3.8, 4) is 0 Å². The Morgan fingerprint density at radius 3 is 2.39 bits per heavy atom. The molecular formula is C18H19NO2S2. The largest absolute Gasteiger partial charge is 0.326 e. The molecule has 120 valence electrons. The molecule has 0 bridgehead atoms. The third-order valence-electron chi connectivity index (χ3n) is 3.07. The summed E-state index contributed by atoms with van der Waals surface area (Å²) in [5, 5.41) is -0.0435. The molecule has 0 fully saturated rings. The van der Waals surface area contributed by atoms with E-state index in [-0.39, 0.29) is 16.7 Å². The van der Waals surface area contributed by atoms with Crippen LogP contribution in [0.25, 0.3) is 0 Å². The Hall–Kier alpha value is -1.72. The molecule has 2 aromatic carbocycles. The maximum atomic E-state index is 12.1. The molecule has 23 heavy (non-hydrogen) atoms. The topological polar surface area (TPSA) is 46.2 Å². The highest BCUT2D eigenvalue weighted by atomic mass is 32.2. The summed E-state index contributed by atoms with van der Waals surface area (Å²) in [4.78, 5) is 24.1. The van der Waals surface area contributed by atoms with E-state index in [1.807, 2.05) is 18.2 Å². The Labute approximate surface area is 145 Å². The zero-order valence-electron chi connectivity index (χ0n) is 13.4. The molecule has 0 spiro atoms. The van der Waals surface area contributed by atoms with Crippen LogP contribution in [0.3, 0.4) is 0 Å². The number of benzene rings is 2. The molecule has 0 saturated carbocycles. The standard InChI is InChI=1S/C18H19NO2S2/c1-12-7-13(2)9-17(8-12)23-19-16-6-4-5-15(10-16)18(21)11-22-14(3)20/h4-10,19H,11H2,1-3H3. The highest BCUT2D eigenvalue weighted by molar-refractivity contribution is 8.14. The summed E-state index contributed by atoms with van der Waals surface area (Å²) < 4.78 is 3.27. The Balaban J connectivity index is 2.02. The van der Waals surface area contributed by atoms with Crippen LogP contribution >= 0.6 is 23.7 Å². The maximum Gasteiger partial charge on any atom is 0.186 e. The van der Waals surface area contributed by atoms with Crippen molar-refractivity contribution in [3.63, 3.8) is 0 Å². The second-order valence-electron chi connectivity index (χ2n) is 5.31. The summed E-state index contributed by atoms with van der Waals surface area (Å²) in [6.45, 7) is 5.61. The number of hydrogen-bond donors (Lipinski definition) is 1. The van der Waals surface area contributed by atoms with E-state index in [0.29, 0.717) is 5.56 Å². The molecule has 0 unspecified atom stereocenters. The normalized spacial score (nSPS) is 10.4. The number of anilines is 1. The third-order valence-corrected chi connectivity index (χ3v) is 4.70. The van der Waals surface area contributed by atoms with Gasteiger partial charge in [0.25, 0.3) is 0 Å².